The number of nitrogens with zero attached hydrogens (tertiary/aromatic N) is 1. The van der Waals surface area contributed by atoms with Gasteiger partial charge in [-0.2, -0.15) is 0 Å². The molecule has 0 bridgehead atoms. The number of nitrogens with one attached hydrogen (secondary N) is 1. The van der Waals surface area contributed by atoms with E-state index in [4.69, 9.17) is 4.74 Å². The molecule has 2 aromatic carbocycles. The third-order valence-corrected chi connectivity index (χ3v) is 3.86. The van der Waals surface area contributed by atoms with Crippen molar-refractivity contribution < 1.29 is 13.9 Å². The first-order valence-electron chi connectivity index (χ1n) is 7.70. The Morgan fingerprint density at radius 1 is 1.17 bits per heavy atom. The first kappa shape index (κ1) is 15.3. The highest BCUT2D eigenvalue weighted by molar-refractivity contribution is 5.74. The first-order valence-corrected chi connectivity index (χ1v) is 7.70. The summed E-state index contributed by atoms with van der Waals surface area (Å²) in [6.45, 7) is 2.04. The fraction of sp³-hybridized carbons (Fsp3) is 0.278. The minimum Gasteiger partial charge on any atom is -0.492 e. The van der Waals surface area contributed by atoms with E-state index in [9.17, 15) is 9.18 Å². The predicted octanol–water partition coefficient (Wildman–Crippen LogP) is 2.97. The highest BCUT2D eigenvalue weighted by atomic mass is 19.1. The third-order valence-electron chi connectivity index (χ3n) is 3.86. The Morgan fingerprint density at radius 2 is 2.00 bits per heavy atom. The standard InChI is InChI=1S/C18H19FN2O2/c19-16-6-3-7-17(12-16)23-11-9-20-18(22)21-10-8-14-4-1-2-5-15(14)13-21/h1-7,12H,8-11,13H2,(H,20,22). The molecule has 0 atom stereocenters. The summed E-state index contributed by atoms with van der Waals surface area (Å²) in [6.07, 6.45) is 0.878. The number of amides is 2. The van der Waals surface area contributed by atoms with Gasteiger partial charge in [-0.15, -0.1) is 0 Å². The molecule has 120 valence electrons. The minimum atomic E-state index is -0.335. The van der Waals surface area contributed by atoms with Crippen LogP contribution in [0, 0.1) is 5.82 Å². The van der Waals surface area contributed by atoms with Crippen LogP contribution in [0.5, 0.6) is 5.75 Å². The molecule has 1 N–H and O–H groups in total. The van der Waals surface area contributed by atoms with Crippen LogP contribution in [0.2, 0.25) is 0 Å². The van der Waals surface area contributed by atoms with E-state index in [1.807, 2.05) is 12.1 Å². The zero-order valence-electron chi connectivity index (χ0n) is 12.8. The molecule has 2 amide bonds. The van der Waals surface area contributed by atoms with Gasteiger partial charge in [0, 0.05) is 19.2 Å². The van der Waals surface area contributed by atoms with Gasteiger partial charge in [0.2, 0.25) is 0 Å². The van der Waals surface area contributed by atoms with Crippen molar-refractivity contribution in [3.05, 3.63) is 65.5 Å². The van der Waals surface area contributed by atoms with Crippen molar-refractivity contribution in [2.75, 3.05) is 19.7 Å². The van der Waals surface area contributed by atoms with Crippen molar-refractivity contribution in [3.63, 3.8) is 0 Å². The molecule has 0 unspecified atom stereocenters. The highest BCUT2D eigenvalue weighted by Gasteiger charge is 2.19. The normalized spacial score (nSPS) is 13.3. The molecule has 0 fully saturated rings. The Bertz CT molecular complexity index is 690. The molecular formula is C18H19FN2O2. The molecule has 2 aromatic rings. The monoisotopic (exact) mass is 314 g/mol. The van der Waals surface area contributed by atoms with Crippen LogP contribution in [-0.4, -0.2) is 30.6 Å². The van der Waals surface area contributed by atoms with Gasteiger partial charge in [0.05, 0.1) is 6.54 Å². The Kier molecular flexibility index (Phi) is 4.76. The van der Waals surface area contributed by atoms with Gasteiger partial charge in [-0.1, -0.05) is 30.3 Å². The van der Waals surface area contributed by atoms with Crippen LogP contribution in [0.3, 0.4) is 0 Å². The number of fused-ring (bicyclic) bond motifs is 1. The fourth-order valence-corrected chi connectivity index (χ4v) is 2.66. The zero-order chi connectivity index (χ0) is 16.1. The average molecular weight is 314 g/mol. The summed E-state index contributed by atoms with van der Waals surface area (Å²) < 4.78 is 18.4. The third kappa shape index (κ3) is 4.00. The lowest BCUT2D eigenvalue weighted by molar-refractivity contribution is 0.189. The second-order valence-corrected chi connectivity index (χ2v) is 5.48. The van der Waals surface area contributed by atoms with E-state index in [2.05, 4.69) is 17.4 Å². The molecule has 0 radical (unpaired) electrons. The van der Waals surface area contributed by atoms with Crippen molar-refractivity contribution in [2.24, 2.45) is 0 Å². The van der Waals surface area contributed by atoms with Crippen LogP contribution in [0.15, 0.2) is 48.5 Å². The molecule has 0 aromatic heterocycles. The molecular weight excluding hydrogens is 295 g/mol. The molecule has 23 heavy (non-hydrogen) atoms. The lowest BCUT2D eigenvalue weighted by Gasteiger charge is -2.28. The van der Waals surface area contributed by atoms with Crippen molar-refractivity contribution >= 4 is 6.03 Å². The van der Waals surface area contributed by atoms with Crippen LogP contribution in [0.1, 0.15) is 11.1 Å². The number of hydrogen-bond acceptors (Lipinski definition) is 2. The van der Waals surface area contributed by atoms with Gasteiger partial charge in [0.15, 0.2) is 0 Å². The van der Waals surface area contributed by atoms with Gasteiger partial charge in [0.25, 0.3) is 0 Å². The van der Waals surface area contributed by atoms with Gasteiger partial charge >= 0.3 is 6.03 Å². The largest absolute Gasteiger partial charge is 0.492 e. The lowest BCUT2D eigenvalue weighted by Crippen LogP contribution is -2.43. The molecule has 3 rings (SSSR count). The van der Waals surface area contributed by atoms with E-state index in [0.717, 1.165) is 6.42 Å². The topological polar surface area (TPSA) is 41.6 Å². The quantitative estimate of drug-likeness (QED) is 0.882. The predicted molar refractivity (Wildman–Crippen MR) is 85.8 cm³/mol. The average Bonchev–Trinajstić information content (AvgIpc) is 2.58. The number of ether oxygens (including phenoxy) is 1. The maximum atomic E-state index is 13.0. The first-order chi connectivity index (χ1) is 11.2. The second kappa shape index (κ2) is 7.13. The molecule has 4 nitrogen and oxygen atoms in total. The Balaban J connectivity index is 1.43. The van der Waals surface area contributed by atoms with Gasteiger partial charge in [-0.05, 0) is 29.7 Å². The Morgan fingerprint density at radius 3 is 2.83 bits per heavy atom. The van der Waals surface area contributed by atoms with Gasteiger partial charge in [-0.3, -0.25) is 0 Å². The zero-order valence-corrected chi connectivity index (χ0v) is 12.8. The molecule has 0 spiro atoms. The maximum absolute atomic E-state index is 13.0. The summed E-state index contributed by atoms with van der Waals surface area (Å²) in [5.41, 5.74) is 2.51. The second-order valence-electron chi connectivity index (χ2n) is 5.48. The number of rotatable bonds is 4. The summed E-state index contributed by atoms with van der Waals surface area (Å²) in [5.74, 6) is 0.129. The molecule has 0 aliphatic carbocycles. The summed E-state index contributed by atoms with van der Waals surface area (Å²) in [7, 11) is 0. The van der Waals surface area contributed by atoms with Crippen LogP contribution in [-0.2, 0) is 13.0 Å². The van der Waals surface area contributed by atoms with Crippen molar-refractivity contribution in [1.29, 1.82) is 0 Å². The summed E-state index contributed by atoms with van der Waals surface area (Å²) >= 11 is 0. The van der Waals surface area contributed by atoms with Gasteiger partial charge in [0.1, 0.15) is 18.2 Å². The number of carbonyl (C=O) groups excluding carboxylic acids is 1. The van der Waals surface area contributed by atoms with E-state index < -0.39 is 0 Å². The van der Waals surface area contributed by atoms with Crippen LogP contribution in [0.25, 0.3) is 0 Å². The summed E-state index contributed by atoms with van der Waals surface area (Å²) in [5, 5.41) is 2.84. The Labute approximate surface area is 134 Å². The fourth-order valence-electron chi connectivity index (χ4n) is 2.66. The van der Waals surface area contributed by atoms with Crippen LogP contribution < -0.4 is 10.1 Å². The number of urea groups is 1. The number of hydrogen-bond donors (Lipinski definition) is 1. The van der Waals surface area contributed by atoms with Gasteiger partial charge < -0.3 is 15.0 Å². The molecule has 1 heterocycles. The van der Waals surface area contributed by atoms with E-state index in [1.54, 1.807) is 17.0 Å². The van der Waals surface area contributed by atoms with Gasteiger partial charge in [-0.25, -0.2) is 9.18 Å². The smallest absolute Gasteiger partial charge is 0.317 e. The Hall–Kier alpha value is -2.56. The molecule has 0 saturated heterocycles. The minimum absolute atomic E-state index is 0.0951. The van der Waals surface area contributed by atoms with E-state index in [-0.39, 0.29) is 11.8 Å². The molecule has 1 aliphatic heterocycles. The maximum Gasteiger partial charge on any atom is 0.317 e. The van der Waals surface area contributed by atoms with Crippen molar-refractivity contribution in [3.8, 4) is 5.75 Å². The van der Waals surface area contributed by atoms with Crippen molar-refractivity contribution in [1.82, 2.24) is 10.2 Å². The van der Waals surface area contributed by atoms with E-state index >= 15 is 0 Å². The summed E-state index contributed by atoms with van der Waals surface area (Å²) in [6, 6.07) is 14.1. The molecule has 0 saturated carbocycles. The van der Waals surface area contributed by atoms with Crippen LogP contribution >= 0.6 is 0 Å². The molecule has 1 aliphatic rings. The molecule has 5 heteroatoms. The number of carbonyl (C=O) groups is 1. The highest BCUT2D eigenvalue weighted by Crippen LogP contribution is 2.18. The number of halogens is 1. The SMILES string of the molecule is O=C(NCCOc1cccc(F)c1)N1CCc2ccccc2C1. The van der Waals surface area contributed by atoms with Crippen LogP contribution in [0.4, 0.5) is 9.18 Å². The van der Waals surface area contributed by atoms with Crippen molar-refractivity contribution in [2.45, 2.75) is 13.0 Å². The number of benzene rings is 2. The van der Waals surface area contributed by atoms with E-state index in [1.165, 1.54) is 23.3 Å². The van der Waals surface area contributed by atoms with E-state index in [0.29, 0.717) is 32.0 Å². The summed E-state index contributed by atoms with van der Waals surface area (Å²) in [4.78, 5) is 14.0. The lowest BCUT2D eigenvalue weighted by atomic mass is 10.0.